The van der Waals surface area contributed by atoms with Crippen LogP contribution in [0.4, 0.5) is 0 Å². The Bertz CT molecular complexity index is 404. The zero-order valence-corrected chi connectivity index (χ0v) is 13.5. The summed E-state index contributed by atoms with van der Waals surface area (Å²) in [4.78, 5) is 0. The minimum Gasteiger partial charge on any atom is -0.489 e. The number of hydrogen-bond donors (Lipinski definition) is 1. The quantitative estimate of drug-likeness (QED) is 0.865. The molecule has 0 aromatic heterocycles. The second kappa shape index (κ2) is 6.42. The fourth-order valence-electron chi connectivity index (χ4n) is 1.99. The number of hydrogen-bond acceptors (Lipinski definition) is 2. The van der Waals surface area contributed by atoms with Gasteiger partial charge in [-0.3, -0.25) is 0 Å². The van der Waals surface area contributed by atoms with Gasteiger partial charge in [-0.15, -0.1) is 0 Å². The first kappa shape index (κ1) is 16.0. The first-order chi connectivity index (χ1) is 8.70. The molecule has 1 atom stereocenters. The minimum absolute atomic E-state index is 0.104. The van der Waals surface area contributed by atoms with Crippen molar-refractivity contribution in [2.75, 3.05) is 6.54 Å². The summed E-state index contributed by atoms with van der Waals surface area (Å²) in [5, 5.41) is 3.41. The fraction of sp³-hybridized carbons (Fsp3) is 0.647. The van der Waals surface area contributed by atoms with Gasteiger partial charge in [0, 0.05) is 12.6 Å². The molecule has 0 spiro atoms. The van der Waals surface area contributed by atoms with Crippen molar-refractivity contribution in [2.24, 2.45) is 0 Å². The summed E-state index contributed by atoms with van der Waals surface area (Å²) in [5.74, 6) is 1.01. The Balaban J connectivity index is 2.83. The van der Waals surface area contributed by atoms with Crippen LogP contribution in [0.5, 0.6) is 5.75 Å². The Morgan fingerprint density at radius 3 is 2.32 bits per heavy atom. The summed E-state index contributed by atoms with van der Waals surface area (Å²) in [7, 11) is 0. The van der Waals surface area contributed by atoms with E-state index in [0.29, 0.717) is 6.04 Å². The number of ether oxygens (including phenoxy) is 1. The summed E-state index contributed by atoms with van der Waals surface area (Å²) < 4.78 is 6.11. The summed E-state index contributed by atoms with van der Waals surface area (Å²) in [5.41, 5.74) is 2.67. The lowest BCUT2D eigenvalue weighted by Crippen LogP contribution is -2.33. The van der Waals surface area contributed by atoms with E-state index in [1.165, 1.54) is 11.1 Å². The third-order valence-corrected chi connectivity index (χ3v) is 3.08. The predicted molar refractivity (Wildman–Crippen MR) is 83.1 cm³/mol. The molecule has 1 aromatic carbocycles. The number of benzene rings is 1. The molecule has 0 amide bonds. The van der Waals surface area contributed by atoms with E-state index >= 15 is 0 Å². The smallest absolute Gasteiger partial charge is 0.123 e. The Morgan fingerprint density at radius 2 is 1.79 bits per heavy atom. The highest BCUT2D eigenvalue weighted by Gasteiger charge is 2.20. The van der Waals surface area contributed by atoms with E-state index in [2.05, 4.69) is 72.0 Å². The molecule has 0 saturated carbocycles. The standard InChI is InChI=1S/C17H29NO/c1-12(2)18-11-14(4)19-16-9-8-13(3)10-15(16)17(5,6)7/h8-10,12,14,18H,11H2,1-7H3. The average molecular weight is 263 g/mol. The van der Waals surface area contributed by atoms with Crippen LogP contribution in [0, 0.1) is 6.92 Å². The summed E-state index contributed by atoms with van der Waals surface area (Å²) in [6.07, 6.45) is 0.172. The molecule has 0 aliphatic heterocycles. The fourth-order valence-corrected chi connectivity index (χ4v) is 1.99. The van der Waals surface area contributed by atoms with E-state index in [1.807, 2.05) is 0 Å². The van der Waals surface area contributed by atoms with Gasteiger partial charge in [-0.1, -0.05) is 52.3 Å². The highest BCUT2D eigenvalue weighted by molar-refractivity contribution is 5.41. The molecule has 0 bridgehead atoms. The molecule has 108 valence electrons. The SMILES string of the molecule is Cc1ccc(OC(C)CNC(C)C)c(C(C)(C)C)c1. The molecule has 2 nitrogen and oxygen atoms in total. The second-order valence-corrected chi connectivity index (χ2v) is 6.74. The molecule has 1 rings (SSSR count). The van der Waals surface area contributed by atoms with Crippen LogP contribution in [-0.4, -0.2) is 18.7 Å². The highest BCUT2D eigenvalue weighted by atomic mass is 16.5. The molecule has 1 unspecified atom stereocenters. The van der Waals surface area contributed by atoms with Crippen molar-refractivity contribution < 1.29 is 4.74 Å². The average Bonchev–Trinajstić information content (AvgIpc) is 2.27. The zero-order valence-electron chi connectivity index (χ0n) is 13.5. The van der Waals surface area contributed by atoms with Crippen molar-refractivity contribution in [2.45, 2.75) is 66.0 Å². The van der Waals surface area contributed by atoms with Crippen LogP contribution >= 0.6 is 0 Å². The lowest BCUT2D eigenvalue weighted by atomic mass is 9.85. The Hall–Kier alpha value is -1.02. The summed E-state index contributed by atoms with van der Waals surface area (Å²) >= 11 is 0. The van der Waals surface area contributed by atoms with Crippen molar-refractivity contribution in [1.29, 1.82) is 0 Å². The van der Waals surface area contributed by atoms with E-state index in [9.17, 15) is 0 Å². The van der Waals surface area contributed by atoms with Crippen LogP contribution in [0.2, 0.25) is 0 Å². The molecule has 0 aliphatic carbocycles. The topological polar surface area (TPSA) is 21.3 Å². The molecule has 0 radical (unpaired) electrons. The van der Waals surface area contributed by atoms with Crippen LogP contribution in [0.3, 0.4) is 0 Å². The van der Waals surface area contributed by atoms with Gasteiger partial charge in [0.2, 0.25) is 0 Å². The monoisotopic (exact) mass is 263 g/mol. The molecule has 1 N–H and O–H groups in total. The molecular weight excluding hydrogens is 234 g/mol. The van der Waals surface area contributed by atoms with E-state index < -0.39 is 0 Å². The molecule has 0 fully saturated rings. The van der Waals surface area contributed by atoms with Crippen molar-refractivity contribution in [3.05, 3.63) is 29.3 Å². The number of nitrogens with one attached hydrogen (secondary N) is 1. The van der Waals surface area contributed by atoms with E-state index in [1.54, 1.807) is 0 Å². The van der Waals surface area contributed by atoms with Gasteiger partial charge in [0.15, 0.2) is 0 Å². The first-order valence-electron chi connectivity index (χ1n) is 7.21. The molecule has 1 aromatic rings. The highest BCUT2D eigenvalue weighted by Crippen LogP contribution is 2.32. The van der Waals surface area contributed by atoms with E-state index in [4.69, 9.17) is 4.74 Å². The second-order valence-electron chi connectivity index (χ2n) is 6.74. The third kappa shape index (κ3) is 5.23. The van der Waals surface area contributed by atoms with Crippen molar-refractivity contribution in [3.8, 4) is 5.75 Å². The van der Waals surface area contributed by atoms with Crippen molar-refractivity contribution >= 4 is 0 Å². The lowest BCUT2D eigenvalue weighted by molar-refractivity contribution is 0.209. The van der Waals surface area contributed by atoms with Gasteiger partial charge < -0.3 is 10.1 Å². The molecule has 19 heavy (non-hydrogen) atoms. The van der Waals surface area contributed by atoms with Crippen LogP contribution in [0.15, 0.2) is 18.2 Å². The maximum absolute atomic E-state index is 6.11. The number of aryl methyl sites for hydroxylation is 1. The Morgan fingerprint density at radius 1 is 1.16 bits per heavy atom. The first-order valence-corrected chi connectivity index (χ1v) is 7.21. The molecular formula is C17H29NO. The maximum Gasteiger partial charge on any atom is 0.123 e. The molecule has 0 aliphatic rings. The van der Waals surface area contributed by atoms with Gasteiger partial charge in [-0.25, -0.2) is 0 Å². The Labute approximate surface area is 118 Å². The maximum atomic E-state index is 6.11. The predicted octanol–water partition coefficient (Wildman–Crippen LogP) is 4.06. The van der Waals surface area contributed by atoms with Gasteiger partial charge in [0.05, 0.1) is 0 Å². The molecule has 0 saturated heterocycles. The lowest BCUT2D eigenvalue weighted by Gasteiger charge is -2.26. The molecule has 2 heteroatoms. The van der Waals surface area contributed by atoms with Crippen molar-refractivity contribution in [1.82, 2.24) is 5.32 Å². The van der Waals surface area contributed by atoms with E-state index in [0.717, 1.165) is 12.3 Å². The van der Waals surface area contributed by atoms with Gasteiger partial charge in [0.25, 0.3) is 0 Å². The summed E-state index contributed by atoms with van der Waals surface area (Å²) in [6.45, 7) is 16.1. The summed E-state index contributed by atoms with van der Waals surface area (Å²) in [6, 6.07) is 6.94. The van der Waals surface area contributed by atoms with Gasteiger partial charge in [0.1, 0.15) is 11.9 Å². The van der Waals surface area contributed by atoms with Crippen LogP contribution in [0.25, 0.3) is 0 Å². The van der Waals surface area contributed by atoms with Gasteiger partial charge in [-0.2, -0.15) is 0 Å². The normalized spacial score (nSPS) is 13.7. The van der Waals surface area contributed by atoms with Crippen LogP contribution in [0.1, 0.15) is 52.7 Å². The largest absolute Gasteiger partial charge is 0.489 e. The van der Waals surface area contributed by atoms with Crippen molar-refractivity contribution in [3.63, 3.8) is 0 Å². The van der Waals surface area contributed by atoms with Crippen LogP contribution in [-0.2, 0) is 5.41 Å². The zero-order chi connectivity index (χ0) is 14.6. The van der Waals surface area contributed by atoms with Crippen LogP contribution < -0.4 is 10.1 Å². The van der Waals surface area contributed by atoms with E-state index in [-0.39, 0.29) is 11.5 Å². The third-order valence-electron chi connectivity index (χ3n) is 3.08. The molecule has 0 heterocycles. The minimum atomic E-state index is 0.104. The number of rotatable bonds is 5. The van der Waals surface area contributed by atoms with Gasteiger partial charge >= 0.3 is 0 Å². The Kier molecular flexibility index (Phi) is 5.42. The van der Waals surface area contributed by atoms with Gasteiger partial charge in [-0.05, 0) is 30.9 Å².